The van der Waals surface area contributed by atoms with Crippen molar-refractivity contribution in [2.45, 2.75) is 40.2 Å². The Labute approximate surface area is 162 Å². The van der Waals surface area contributed by atoms with E-state index in [9.17, 15) is 4.39 Å². The van der Waals surface area contributed by atoms with Gasteiger partial charge < -0.3 is 15.4 Å². The van der Waals surface area contributed by atoms with Crippen molar-refractivity contribution < 1.29 is 9.13 Å². The van der Waals surface area contributed by atoms with Crippen LogP contribution in [0.5, 0.6) is 5.75 Å². The zero-order valence-corrected chi connectivity index (χ0v) is 17.5. The van der Waals surface area contributed by atoms with Crippen LogP contribution in [-0.2, 0) is 6.54 Å². The maximum atomic E-state index is 12.1. The molecule has 0 saturated carbocycles. The Kier molecular flexibility index (Phi) is 12.7. The highest BCUT2D eigenvalue weighted by atomic mass is 127. The molecule has 1 aromatic rings. The third-order valence-electron chi connectivity index (χ3n) is 3.45. The molecule has 0 unspecified atom stereocenters. The fraction of sp³-hybridized carbons (Fsp3) is 0.611. The van der Waals surface area contributed by atoms with Gasteiger partial charge in [-0.15, -0.1) is 24.0 Å². The third kappa shape index (κ3) is 9.30. The average Bonchev–Trinajstić information content (AvgIpc) is 2.52. The summed E-state index contributed by atoms with van der Waals surface area (Å²) in [5.74, 6) is 2.21. The van der Waals surface area contributed by atoms with Crippen LogP contribution in [0.1, 0.15) is 37.8 Å². The van der Waals surface area contributed by atoms with Crippen molar-refractivity contribution in [3.63, 3.8) is 0 Å². The van der Waals surface area contributed by atoms with E-state index >= 15 is 0 Å². The molecule has 1 aromatic carbocycles. The molecule has 138 valence electrons. The second kappa shape index (κ2) is 13.3. The molecule has 0 aliphatic rings. The summed E-state index contributed by atoms with van der Waals surface area (Å²) < 4.78 is 18.1. The molecule has 24 heavy (non-hydrogen) atoms. The fourth-order valence-corrected chi connectivity index (χ4v) is 2.02. The molecule has 6 heteroatoms. The van der Waals surface area contributed by atoms with Gasteiger partial charge in [0.25, 0.3) is 0 Å². The lowest BCUT2D eigenvalue weighted by atomic mass is 10.1. The molecule has 0 fully saturated rings. The minimum absolute atomic E-state index is 0. The van der Waals surface area contributed by atoms with Gasteiger partial charge in [0.2, 0.25) is 0 Å². The maximum absolute atomic E-state index is 12.1. The molecule has 0 aliphatic carbocycles. The van der Waals surface area contributed by atoms with E-state index in [1.807, 2.05) is 0 Å². The van der Waals surface area contributed by atoms with Gasteiger partial charge in [-0.1, -0.05) is 26.0 Å². The van der Waals surface area contributed by atoms with Gasteiger partial charge in [-0.05, 0) is 37.3 Å². The lowest BCUT2D eigenvalue weighted by Crippen LogP contribution is -2.37. The van der Waals surface area contributed by atoms with Crippen molar-refractivity contribution in [2.75, 3.05) is 26.9 Å². The molecule has 0 radical (unpaired) electrons. The standard InChI is InChI=1S/C18H30FN3O.HI/c1-14(2)8-11-23-17-12-15(3)6-7-16(17)13-22-18(20-4)21-10-5-9-19;/h6-7,12,14H,5,8-11,13H2,1-4H3,(H2,20,21,22);1H. The van der Waals surface area contributed by atoms with Crippen molar-refractivity contribution in [2.24, 2.45) is 10.9 Å². The molecular weight excluding hydrogens is 420 g/mol. The van der Waals surface area contributed by atoms with E-state index in [0.29, 0.717) is 31.4 Å². The van der Waals surface area contributed by atoms with Gasteiger partial charge in [0.05, 0.1) is 13.3 Å². The quantitative estimate of drug-likeness (QED) is 0.258. The topological polar surface area (TPSA) is 45.7 Å². The number of benzene rings is 1. The van der Waals surface area contributed by atoms with E-state index in [1.54, 1.807) is 7.05 Å². The predicted molar refractivity (Wildman–Crippen MR) is 110 cm³/mol. The smallest absolute Gasteiger partial charge is 0.191 e. The number of guanidine groups is 1. The number of ether oxygens (including phenoxy) is 1. The van der Waals surface area contributed by atoms with Crippen LogP contribution in [0.4, 0.5) is 4.39 Å². The fourth-order valence-electron chi connectivity index (χ4n) is 2.02. The Hall–Kier alpha value is -1.05. The first-order valence-electron chi connectivity index (χ1n) is 8.29. The average molecular weight is 451 g/mol. The van der Waals surface area contributed by atoms with Gasteiger partial charge in [0.1, 0.15) is 5.75 Å². The highest BCUT2D eigenvalue weighted by Crippen LogP contribution is 2.21. The number of halogens is 2. The van der Waals surface area contributed by atoms with E-state index in [-0.39, 0.29) is 30.7 Å². The largest absolute Gasteiger partial charge is 0.493 e. The van der Waals surface area contributed by atoms with Crippen LogP contribution in [0.2, 0.25) is 0 Å². The van der Waals surface area contributed by atoms with Gasteiger partial charge in [-0.25, -0.2) is 0 Å². The second-order valence-electron chi connectivity index (χ2n) is 6.04. The van der Waals surface area contributed by atoms with E-state index in [4.69, 9.17) is 4.74 Å². The lowest BCUT2D eigenvalue weighted by Gasteiger charge is -2.16. The van der Waals surface area contributed by atoms with E-state index in [0.717, 1.165) is 24.3 Å². The Morgan fingerprint density at radius 2 is 2.04 bits per heavy atom. The number of hydrogen-bond acceptors (Lipinski definition) is 2. The molecule has 0 aliphatic heterocycles. The highest BCUT2D eigenvalue weighted by molar-refractivity contribution is 14.0. The molecule has 2 N–H and O–H groups in total. The van der Waals surface area contributed by atoms with Gasteiger partial charge in [0, 0.05) is 25.7 Å². The minimum atomic E-state index is -0.324. The molecule has 0 saturated heterocycles. The summed E-state index contributed by atoms with van der Waals surface area (Å²) in [5.41, 5.74) is 2.27. The van der Waals surface area contributed by atoms with Crippen LogP contribution in [-0.4, -0.2) is 32.8 Å². The normalized spacial score (nSPS) is 11.2. The monoisotopic (exact) mass is 451 g/mol. The molecular formula is C18H31FIN3O. The van der Waals surface area contributed by atoms with Gasteiger partial charge in [-0.2, -0.15) is 0 Å². The molecule has 0 spiro atoms. The summed E-state index contributed by atoms with van der Waals surface area (Å²) in [6.45, 7) is 8.02. The zero-order valence-electron chi connectivity index (χ0n) is 15.2. The zero-order chi connectivity index (χ0) is 17.1. The SMILES string of the molecule is CN=C(NCCCF)NCc1ccc(C)cc1OCCC(C)C.I. The second-order valence-corrected chi connectivity index (χ2v) is 6.04. The Bertz CT molecular complexity index is 495. The van der Waals surface area contributed by atoms with Crippen LogP contribution >= 0.6 is 24.0 Å². The molecule has 0 amide bonds. The van der Waals surface area contributed by atoms with Crippen LogP contribution in [0.3, 0.4) is 0 Å². The molecule has 0 bridgehead atoms. The number of aryl methyl sites for hydroxylation is 1. The summed E-state index contributed by atoms with van der Waals surface area (Å²) >= 11 is 0. The van der Waals surface area contributed by atoms with E-state index in [2.05, 4.69) is 54.6 Å². The number of aliphatic imine (C=N–C) groups is 1. The third-order valence-corrected chi connectivity index (χ3v) is 3.45. The summed E-state index contributed by atoms with van der Waals surface area (Å²) in [6.07, 6.45) is 1.52. The summed E-state index contributed by atoms with van der Waals surface area (Å²) in [7, 11) is 1.71. The van der Waals surface area contributed by atoms with Crippen LogP contribution < -0.4 is 15.4 Å². The highest BCUT2D eigenvalue weighted by Gasteiger charge is 2.06. The van der Waals surface area contributed by atoms with Gasteiger partial charge in [0.15, 0.2) is 5.96 Å². The van der Waals surface area contributed by atoms with Crippen LogP contribution in [0, 0.1) is 12.8 Å². The summed E-state index contributed by atoms with van der Waals surface area (Å²) in [6, 6.07) is 6.21. The first-order valence-corrected chi connectivity index (χ1v) is 8.29. The molecule has 4 nitrogen and oxygen atoms in total. The molecule has 0 aromatic heterocycles. The molecule has 1 rings (SSSR count). The van der Waals surface area contributed by atoms with Crippen molar-refractivity contribution in [3.8, 4) is 5.75 Å². The molecule has 0 atom stereocenters. The Morgan fingerprint density at radius 3 is 2.67 bits per heavy atom. The maximum Gasteiger partial charge on any atom is 0.191 e. The predicted octanol–water partition coefficient (Wildman–Crippen LogP) is 4.06. The van der Waals surface area contributed by atoms with Crippen molar-refractivity contribution in [1.82, 2.24) is 10.6 Å². The summed E-state index contributed by atoms with van der Waals surface area (Å²) in [5, 5.41) is 6.33. The molecule has 0 heterocycles. The van der Waals surface area contributed by atoms with E-state index < -0.39 is 0 Å². The van der Waals surface area contributed by atoms with Gasteiger partial charge in [-0.3, -0.25) is 9.38 Å². The first-order chi connectivity index (χ1) is 11.1. The number of rotatable bonds is 9. The van der Waals surface area contributed by atoms with Crippen molar-refractivity contribution in [3.05, 3.63) is 29.3 Å². The van der Waals surface area contributed by atoms with Gasteiger partial charge >= 0.3 is 0 Å². The summed E-state index contributed by atoms with van der Waals surface area (Å²) in [4.78, 5) is 4.14. The number of nitrogens with one attached hydrogen (secondary N) is 2. The Morgan fingerprint density at radius 1 is 1.29 bits per heavy atom. The minimum Gasteiger partial charge on any atom is -0.493 e. The van der Waals surface area contributed by atoms with E-state index in [1.165, 1.54) is 5.56 Å². The number of hydrogen-bond donors (Lipinski definition) is 2. The van der Waals surface area contributed by atoms with Crippen LogP contribution in [0.25, 0.3) is 0 Å². The van der Waals surface area contributed by atoms with Crippen molar-refractivity contribution in [1.29, 1.82) is 0 Å². The van der Waals surface area contributed by atoms with Crippen LogP contribution in [0.15, 0.2) is 23.2 Å². The Balaban J connectivity index is 0.00000529. The number of nitrogens with zero attached hydrogens (tertiary/aromatic N) is 1. The lowest BCUT2D eigenvalue weighted by molar-refractivity contribution is 0.286. The van der Waals surface area contributed by atoms with Crippen molar-refractivity contribution >= 4 is 29.9 Å². The number of alkyl halides is 1. The first kappa shape index (κ1) is 22.9.